The number of carbonyl (C=O) groups excluding carboxylic acids is 2. The summed E-state index contributed by atoms with van der Waals surface area (Å²) in [5.74, 6) is 1.89. The van der Waals surface area contributed by atoms with Gasteiger partial charge in [0.2, 0.25) is 6.79 Å². The summed E-state index contributed by atoms with van der Waals surface area (Å²) in [5, 5.41) is 5.06. The molecule has 1 aliphatic rings. The Kier molecular flexibility index (Phi) is 5.81. The molecule has 3 aromatic heterocycles. The average Bonchev–Trinajstić information content (AvgIpc) is 3.63. The number of thiazole rings is 1. The van der Waals surface area contributed by atoms with Crippen molar-refractivity contribution in [1.82, 2.24) is 15.2 Å². The van der Waals surface area contributed by atoms with E-state index in [0.29, 0.717) is 33.6 Å². The van der Waals surface area contributed by atoms with Crippen molar-refractivity contribution in [2.24, 2.45) is 0 Å². The van der Waals surface area contributed by atoms with Gasteiger partial charge in [-0.15, -0.1) is 11.3 Å². The fourth-order valence-corrected chi connectivity index (χ4v) is 4.11. The first-order chi connectivity index (χ1) is 16.2. The molecule has 0 fully saturated rings. The van der Waals surface area contributed by atoms with Gasteiger partial charge in [0, 0.05) is 10.9 Å². The van der Waals surface area contributed by atoms with Crippen LogP contribution in [0.1, 0.15) is 37.4 Å². The van der Waals surface area contributed by atoms with E-state index in [-0.39, 0.29) is 43.9 Å². The van der Waals surface area contributed by atoms with Gasteiger partial charge in [0.05, 0.1) is 32.2 Å². The summed E-state index contributed by atoms with van der Waals surface area (Å²) in [6.07, 6.45) is 3.11. The lowest BCUT2D eigenvalue weighted by Gasteiger charge is -2.21. The second-order valence-corrected chi connectivity index (χ2v) is 8.14. The first-order valence-corrected chi connectivity index (χ1v) is 11.0. The topological polar surface area (TPSA) is 107 Å². The van der Waals surface area contributed by atoms with Gasteiger partial charge in [0.25, 0.3) is 11.8 Å². The lowest BCUT2D eigenvalue weighted by Crippen LogP contribution is -2.30. The highest BCUT2D eigenvalue weighted by atomic mass is 32.1. The fourth-order valence-electron chi connectivity index (χ4n) is 3.32. The zero-order valence-electron chi connectivity index (χ0n) is 17.4. The average molecular weight is 465 g/mol. The maximum atomic E-state index is 13.3. The van der Waals surface area contributed by atoms with Crippen LogP contribution in [0.15, 0.2) is 69.2 Å². The Hall–Kier alpha value is -4.05. The number of nitrogens with zero attached hydrogens (tertiary/aromatic N) is 2. The quantitative estimate of drug-likeness (QED) is 0.421. The van der Waals surface area contributed by atoms with E-state index < -0.39 is 0 Å². The molecule has 9 nitrogen and oxygen atoms in total. The normalized spacial score (nSPS) is 12.0. The van der Waals surface area contributed by atoms with Crippen molar-refractivity contribution < 1.29 is 27.9 Å². The predicted octanol–water partition coefficient (Wildman–Crippen LogP) is 3.83. The van der Waals surface area contributed by atoms with E-state index >= 15 is 0 Å². The Morgan fingerprint density at radius 1 is 1.00 bits per heavy atom. The summed E-state index contributed by atoms with van der Waals surface area (Å²) in [4.78, 5) is 31.8. The van der Waals surface area contributed by atoms with E-state index in [2.05, 4.69) is 10.3 Å². The molecule has 1 aliphatic heterocycles. The van der Waals surface area contributed by atoms with Crippen LogP contribution in [0.2, 0.25) is 0 Å². The van der Waals surface area contributed by atoms with E-state index in [1.165, 1.54) is 11.3 Å². The summed E-state index contributed by atoms with van der Waals surface area (Å²) < 4.78 is 21.4. The fraction of sp³-hybridized carbons (Fsp3) is 0.174. The highest BCUT2D eigenvalue weighted by Crippen LogP contribution is 2.33. The highest BCUT2D eigenvalue weighted by Gasteiger charge is 2.23. The molecule has 4 heterocycles. The summed E-state index contributed by atoms with van der Waals surface area (Å²) in [5.41, 5.74) is 0.744. The molecule has 10 heteroatoms. The molecule has 33 heavy (non-hydrogen) atoms. The van der Waals surface area contributed by atoms with Crippen LogP contribution < -0.4 is 14.8 Å². The Labute approximate surface area is 192 Å². The molecule has 0 spiro atoms. The van der Waals surface area contributed by atoms with Gasteiger partial charge >= 0.3 is 0 Å². The van der Waals surface area contributed by atoms with Gasteiger partial charge in [-0.2, -0.15) is 0 Å². The minimum atomic E-state index is -0.311. The first-order valence-electron chi connectivity index (χ1n) is 10.1. The molecule has 168 valence electrons. The molecule has 0 radical (unpaired) electrons. The summed E-state index contributed by atoms with van der Waals surface area (Å²) in [7, 11) is 0. The number of benzene rings is 1. The third-order valence-electron chi connectivity index (χ3n) is 4.95. The second-order valence-electron chi connectivity index (χ2n) is 7.20. The smallest absolute Gasteiger partial charge is 0.271 e. The van der Waals surface area contributed by atoms with Crippen molar-refractivity contribution in [2.45, 2.75) is 19.6 Å². The molecule has 2 amide bonds. The monoisotopic (exact) mass is 465 g/mol. The number of ether oxygens (including phenoxy) is 2. The van der Waals surface area contributed by atoms with Gasteiger partial charge in [-0.1, -0.05) is 0 Å². The summed E-state index contributed by atoms with van der Waals surface area (Å²) in [6.45, 7) is 0.864. The number of hydrogen-bond donors (Lipinski definition) is 1. The van der Waals surface area contributed by atoms with Gasteiger partial charge < -0.3 is 28.5 Å². The van der Waals surface area contributed by atoms with Crippen molar-refractivity contribution in [3.63, 3.8) is 0 Å². The van der Waals surface area contributed by atoms with Crippen molar-refractivity contribution in [1.29, 1.82) is 0 Å². The van der Waals surface area contributed by atoms with Crippen LogP contribution in [-0.2, 0) is 19.6 Å². The van der Waals surface area contributed by atoms with E-state index in [9.17, 15) is 9.59 Å². The lowest BCUT2D eigenvalue weighted by molar-refractivity contribution is 0.0717. The van der Waals surface area contributed by atoms with Crippen LogP contribution in [0.25, 0.3) is 0 Å². The molecule has 0 unspecified atom stereocenters. The molecule has 0 atom stereocenters. The summed E-state index contributed by atoms with van der Waals surface area (Å²) in [6, 6.07) is 12.2. The van der Waals surface area contributed by atoms with Crippen molar-refractivity contribution in [3.05, 3.63) is 88.2 Å². The number of furan rings is 2. The predicted molar refractivity (Wildman–Crippen MR) is 117 cm³/mol. The van der Waals surface area contributed by atoms with Gasteiger partial charge in [-0.3, -0.25) is 9.59 Å². The zero-order valence-corrected chi connectivity index (χ0v) is 18.2. The third-order valence-corrected chi connectivity index (χ3v) is 5.78. The Balaban J connectivity index is 1.31. The van der Waals surface area contributed by atoms with Crippen LogP contribution in [0.4, 0.5) is 0 Å². The molecular formula is C23H19N3O6S. The number of aromatic nitrogens is 1. The number of rotatable bonds is 8. The first kappa shape index (κ1) is 20.8. The van der Waals surface area contributed by atoms with Crippen LogP contribution in [0.3, 0.4) is 0 Å². The Morgan fingerprint density at radius 3 is 2.58 bits per heavy atom. The van der Waals surface area contributed by atoms with Crippen LogP contribution in [0.5, 0.6) is 11.5 Å². The number of carbonyl (C=O) groups is 2. The Morgan fingerprint density at radius 2 is 1.79 bits per heavy atom. The molecule has 0 bridgehead atoms. The molecule has 1 N–H and O–H groups in total. The third kappa shape index (κ3) is 4.75. The van der Waals surface area contributed by atoms with Crippen LogP contribution >= 0.6 is 11.3 Å². The van der Waals surface area contributed by atoms with Crippen molar-refractivity contribution in [3.8, 4) is 11.5 Å². The molecule has 0 saturated heterocycles. The minimum Gasteiger partial charge on any atom is -0.467 e. The van der Waals surface area contributed by atoms with Gasteiger partial charge in [0.1, 0.15) is 22.2 Å². The maximum Gasteiger partial charge on any atom is 0.271 e. The van der Waals surface area contributed by atoms with Gasteiger partial charge in [-0.05, 0) is 42.5 Å². The largest absolute Gasteiger partial charge is 0.467 e. The number of fused-ring (bicyclic) bond motifs is 1. The lowest BCUT2D eigenvalue weighted by atomic mass is 10.1. The van der Waals surface area contributed by atoms with Crippen molar-refractivity contribution in [2.75, 3.05) is 6.79 Å². The minimum absolute atomic E-state index is 0.132. The molecule has 0 saturated carbocycles. The second kappa shape index (κ2) is 9.21. The highest BCUT2D eigenvalue weighted by molar-refractivity contribution is 7.09. The molecular weight excluding hydrogens is 446 g/mol. The zero-order chi connectivity index (χ0) is 22.6. The molecule has 0 aliphatic carbocycles. The van der Waals surface area contributed by atoms with E-state index in [0.717, 1.165) is 0 Å². The van der Waals surface area contributed by atoms with E-state index in [1.807, 2.05) is 0 Å². The van der Waals surface area contributed by atoms with Gasteiger partial charge in [0.15, 0.2) is 11.5 Å². The number of nitrogens with one attached hydrogen (secondary N) is 1. The molecule has 5 rings (SSSR count). The number of amides is 2. The van der Waals surface area contributed by atoms with Crippen molar-refractivity contribution >= 4 is 23.2 Å². The standard InChI is InChI=1S/C23H19N3O6S/c27-22(24-10-16-3-1-7-29-16)18-13-33-21(25-18)12-26(11-17-4-2-8-30-17)23(28)15-5-6-19-20(9-15)32-14-31-19/h1-9,13H,10-12,14H2,(H,24,27). The van der Waals surface area contributed by atoms with E-state index in [4.69, 9.17) is 18.3 Å². The molecule has 1 aromatic carbocycles. The van der Waals surface area contributed by atoms with Gasteiger partial charge in [-0.25, -0.2) is 4.98 Å². The number of hydrogen-bond acceptors (Lipinski definition) is 8. The Bertz CT molecular complexity index is 1250. The SMILES string of the molecule is O=C(NCc1ccco1)c1csc(CN(Cc2ccco2)C(=O)c2ccc3c(c2)OCO3)n1. The van der Waals surface area contributed by atoms with Crippen LogP contribution in [-0.4, -0.2) is 28.5 Å². The van der Waals surface area contributed by atoms with E-state index in [1.54, 1.807) is 65.3 Å². The maximum absolute atomic E-state index is 13.3. The van der Waals surface area contributed by atoms with Crippen LogP contribution in [0, 0.1) is 0 Å². The summed E-state index contributed by atoms with van der Waals surface area (Å²) >= 11 is 1.31. The molecule has 4 aromatic rings.